The highest BCUT2D eigenvalue weighted by Crippen LogP contribution is 2.31. The van der Waals surface area contributed by atoms with Gasteiger partial charge in [-0.05, 0) is 37.5 Å². The first-order valence-corrected chi connectivity index (χ1v) is 7.97. The molecule has 2 amide bonds. The number of thiazole rings is 1. The number of hydrogen-bond donors (Lipinski definition) is 1. The first-order chi connectivity index (χ1) is 10.2. The number of pyridine rings is 1. The number of carbonyl (C=O) groups is 1. The van der Waals surface area contributed by atoms with Crippen molar-refractivity contribution in [3.63, 3.8) is 0 Å². The van der Waals surface area contributed by atoms with Gasteiger partial charge in [-0.25, -0.2) is 9.78 Å². The molecule has 1 aliphatic rings. The van der Waals surface area contributed by atoms with Crippen molar-refractivity contribution >= 4 is 17.4 Å². The molecule has 1 N–H and O–H groups in total. The molecule has 110 valence electrons. The van der Waals surface area contributed by atoms with Gasteiger partial charge in [-0.3, -0.25) is 4.98 Å². The predicted octanol–water partition coefficient (Wildman–Crippen LogP) is 2.89. The second-order valence-corrected chi connectivity index (χ2v) is 6.12. The molecule has 1 fully saturated rings. The van der Waals surface area contributed by atoms with Crippen LogP contribution in [0, 0.1) is 6.92 Å². The molecule has 2 aromatic rings. The number of hydrogen-bond acceptors (Lipinski definition) is 4. The van der Waals surface area contributed by atoms with Gasteiger partial charge in [0.25, 0.3) is 0 Å². The summed E-state index contributed by atoms with van der Waals surface area (Å²) in [6.07, 6.45) is 5.61. The normalized spacial score (nSPS) is 18.0. The molecular weight excluding hydrogens is 284 g/mol. The van der Waals surface area contributed by atoms with Crippen molar-refractivity contribution in [3.05, 3.63) is 46.2 Å². The molecule has 0 aromatic carbocycles. The van der Waals surface area contributed by atoms with Crippen molar-refractivity contribution in [1.82, 2.24) is 20.2 Å². The number of aromatic nitrogens is 2. The Hall–Kier alpha value is -1.95. The van der Waals surface area contributed by atoms with Gasteiger partial charge < -0.3 is 10.2 Å². The quantitative estimate of drug-likeness (QED) is 0.948. The Morgan fingerprint density at radius 1 is 1.48 bits per heavy atom. The predicted molar refractivity (Wildman–Crippen MR) is 82.0 cm³/mol. The van der Waals surface area contributed by atoms with E-state index in [2.05, 4.69) is 15.3 Å². The van der Waals surface area contributed by atoms with Gasteiger partial charge in [0, 0.05) is 30.0 Å². The van der Waals surface area contributed by atoms with Crippen LogP contribution in [0.4, 0.5) is 4.79 Å². The Morgan fingerprint density at radius 2 is 2.29 bits per heavy atom. The maximum atomic E-state index is 12.4. The Bertz CT molecular complexity index is 613. The lowest BCUT2D eigenvalue weighted by atomic mass is 10.1. The number of nitrogens with zero attached hydrogens (tertiary/aromatic N) is 3. The molecule has 21 heavy (non-hydrogen) atoms. The van der Waals surface area contributed by atoms with Gasteiger partial charge in [0.2, 0.25) is 0 Å². The molecule has 0 radical (unpaired) electrons. The second kappa shape index (κ2) is 6.22. The lowest BCUT2D eigenvalue weighted by molar-refractivity contribution is 0.192. The summed E-state index contributed by atoms with van der Waals surface area (Å²) in [6.45, 7) is 3.26. The van der Waals surface area contributed by atoms with E-state index in [4.69, 9.17) is 0 Å². The molecule has 0 spiro atoms. The molecule has 3 rings (SSSR count). The van der Waals surface area contributed by atoms with E-state index in [1.165, 1.54) is 0 Å². The fraction of sp³-hybridized carbons (Fsp3) is 0.400. The van der Waals surface area contributed by atoms with Crippen molar-refractivity contribution in [3.8, 4) is 0 Å². The Morgan fingerprint density at radius 3 is 3.00 bits per heavy atom. The van der Waals surface area contributed by atoms with E-state index in [9.17, 15) is 4.79 Å². The molecule has 1 atom stereocenters. The first-order valence-electron chi connectivity index (χ1n) is 7.09. The van der Waals surface area contributed by atoms with Crippen LogP contribution in [-0.4, -0.2) is 27.4 Å². The number of likely N-dealkylation sites (tertiary alicyclic amines) is 1. The topological polar surface area (TPSA) is 58.1 Å². The molecular formula is C15H18N4OS. The van der Waals surface area contributed by atoms with Crippen LogP contribution in [0.2, 0.25) is 0 Å². The third kappa shape index (κ3) is 3.21. The largest absolute Gasteiger partial charge is 0.331 e. The number of nitrogens with one attached hydrogen (secondary N) is 1. The summed E-state index contributed by atoms with van der Waals surface area (Å²) in [6, 6.07) is 4.12. The zero-order chi connectivity index (χ0) is 14.7. The number of carbonyl (C=O) groups excluding carboxylic acids is 1. The smallest absolute Gasteiger partial charge is 0.318 e. The van der Waals surface area contributed by atoms with E-state index < -0.39 is 0 Å². The standard InChI is InChI=1S/C15H18N4OS/c1-11-10-21-14(18-11)9-17-15(20)19-8-2-3-13(19)12-4-6-16-7-5-12/h4-7,10,13H,2-3,8-9H2,1H3,(H,17,20)/t13-/m0/s1. The van der Waals surface area contributed by atoms with Crippen LogP contribution in [0.1, 0.15) is 35.1 Å². The van der Waals surface area contributed by atoms with E-state index in [-0.39, 0.29) is 12.1 Å². The van der Waals surface area contributed by atoms with Crippen molar-refractivity contribution in [1.29, 1.82) is 0 Å². The van der Waals surface area contributed by atoms with Crippen LogP contribution in [0.5, 0.6) is 0 Å². The van der Waals surface area contributed by atoms with Crippen LogP contribution in [0.15, 0.2) is 29.9 Å². The average Bonchev–Trinajstić information content (AvgIpc) is 3.14. The van der Waals surface area contributed by atoms with Crippen molar-refractivity contribution < 1.29 is 4.79 Å². The van der Waals surface area contributed by atoms with Gasteiger partial charge in [0.1, 0.15) is 5.01 Å². The van der Waals surface area contributed by atoms with E-state index >= 15 is 0 Å². The summed E-state index contributed by atoms with van der Waals surface area (Å²) in [5.41, 5.74) is 2.16. The van der Waals surface area contributed by atoms with Gasteiger partial charge in [-0.1, -0.05) is 0 Å². The number of amides is 2. The zero-order valence-corrected chi connectivity index (χ0v) is 12.8. The summed E-state index contributed by atoms with van der Waals surface area (Å²) in [4.78, 5) is 22.7. The zero-order valence-electron chi connectivity index (χ0n) is 12.0. The van der Waals surface area contributed by atoms with E-state index in [1.807, 2.05) is 29.3 Å². The Labute approximate surface area is 128 Å². The fourth-order valence-corrected chi connectivity index (χ4v) is 3.39. The van der Waals surface area contributed by atoms with Gasteiger partial charge >= 0.3 is 6.03 Å². The van der Waals surface area contributed by atoms with Gasteiger partial charge in [-0.2, -0.15) is 0 Å². The van der Waals surface area contributed by atoms with Crippen LogP contribution in [-0.2, 0) is 6.54 Å². The minimum atomic E-state index is -0.0119. The lowest BCUT2D eigenvalue weighted by Gasteiger charge is -2.25. The SMILES string of the molecule is Cc1csc(CNC(=O)N2CCC[C@H]2c2ccncc2)n1. The highest BCUT2D eigenvalue weighted by molar-refractivity contribution is 7.09. The minimum Gasteiger partial charge on any atom is -0.331 e. The molecule has 5 nitrogen and oxygen atoms in total. The molecule has 0 saturated carbocycles. The molecule has 0 bridgehead atoms. The van der Waals surface area contributed by atoms with Gasteiger partial charge in [0.05, 0.1) is 12.6 Å². The highest BCUT2D eigenvalue weighted by atomic mass is 32.1. The van der Waals surface area contributed by atoms with Gasteiger partial charge in [0.15, 0.2) is 0 Å². The number of rotatable bonds is 3. The molecule has 0 unspecified atom stereocenters. The van der Waals surface area contributed by atoms with E-state index in [1.54, 1.807) is 23.7 Å². The van der Waals surface area contributed by atoms with Crippen molar-refractivity contribution in [2.24, 2.45) is 0 Å². The third-order valence-corrected chi connectivity index (χ3v) is 4.63. The highest BCUT2D eigenvalue weighted by Gasteiger charge is 2.29. The second-order valence-electron chi connectivity index (χ2n) is 5.17. The van der Waals surface area contributed by atoms with Crippen molar-refractivity contribution in [2.45, 2.75) is 32.4 Å². The molecule has 0 aliphatic carbocycles. The Balaban J connectivity index is 1.63. The maximum absolute atomic E-state index is 12.4. The van der Waals surface area contributed by atoms with E-state index in [0.717, 1.165) is 35.7 Å². The molecule has 6 heteroatoms. The Kier molecular flexibility index (Phi) is 4.15. The van der Waals surface area contributed by atoms with Gasteiger partial charge in [-0.15, -0.1) is 11.3 Å². The molecule has 2 aromatic heterocycles. The summed E-state index contributed by atoms with van der Waals surface area (Å²) in [7, 11) is 0. The maximum Gasteiger partial charge on any atom is 0.318 e. The minimum absolute atomic E-state index is 0.0119. The average molecular weight is 302 g/mol. The van der Waals surface area contributed by atoms with Crippen LogP contribution < -0.4 is 5.32 Å². The number of urea groups is 1. The lowest BCUT2D eigenvalue weighted by Crippen LogP contribution is -2.39. The van der Waals surface area contributed by atoms with Crippen LogP contribution in [0.3, 0.4) is 0 Å². The summed E-state index contributed by atoms with van der Waals surface area (Å²) in [5.74, 6) is 0. The molecule has 3 heterocycles. The number of aryl methyl sites for hydroxylation is 1. The first kappa shape index (κ1) is 14.0. The van der Waals surface area contributed by atoms with Crippen molar-refractivity contribution in [2.75, 3.05) is 6.54 Å². The fourth-order valence-electron chi connectivity index (χ4n) is 2.68. The summed E-state index contributed by atoms with van der Waals surface area (Å²) >= 11 is 1.58. The monoisotopic (exact) mass is 302 g/mol. The third-order valence-electron chi connectivity index (χ3n) is 3.66. The van der Waals surface area contributed by atoms with Crippen LogP contribution >= 0.6 is 11.3 Å². The van der Waals surface area contributed by atoms with Crippen LogP contribution in [0.25, 0.3) is 0 Å². The summed E-state index contributed by atoms with van der Waals surface area (Å²) < 4.78 is 0. The summed E-state index contributed by atoms with van der Waals surface area (Å²) in [5, 5.41) is 5.92. The molecule has 1 saturated heterocycles. The molecule has 1 aliphatic heterocycles. The van der Waals surface area contributed by atoms with E-state index in [0.29, 0.717) is 6.54 Å².